The fourth-order valence-corrected chi connectivity index (χ4v) is 1.16. The molecule has 0 amide bonds. The van der Waals surface area contributed by atoms with Crippen molar-refractivity contribution >= 4 is 0 Å². The zero-order valence-corrected chi connectivity index (χ0v) is 8.62. The minimum Gasteiger partial charge on any atom is -0.390 e. The first-order valence-corrected chi connectivity index (χ1v) is 4.90. The first-order valence-electron chi connectivity index (χ1n) is 4.90. The van der Waals surface area contributed by atoms with Crippen molar-refractivity contribution in [2.45, 2.75) is 52.7 Å². The summed E-state index contributed by atoms with van der Waals surface area (Å²) in [5.41, 5.74) is 0. The van der Waals surface area contributed by atoms with Crippen LogP contribution in [0.25, 0.3) is 0 Å². The lowest BCUT2D eigenvalue weighted by atomic mass is 9.89. The maximum absolute atomic E-state index is 9.64. The highest BCUT2D eigenvalue weighted by atomic mass is 16.3. The second-order valence-corrected chi connectivity index (χ2v) is 3.75. The Labute approximate surface area is 75.6 Å². The Bertz CT molecular complexity index is 100. The molecule has 2 nitrogen and oxygen atoms in total. The monoisotopic (exact) mass is 174 g/mol. The standard InChI is InChI=1S/C10H22O2/c1-5-7(3)9(11)10(12)8(4)6-2/h7-12H,5-6H2,1-4H3/t7-,8-,9-,10-/m1/s1. The van der Waals surface area contributed by atoms with Crippen molar-refractivity contribution in [3.63, 3.8) is 0 Å². The Hall–Kier alpha value is -0.0800. The third-order valence-corrected chi connectivity index (χ3v) is 2.80. The summed E-state index contributed by atoms with van der Waals surface area (Å²) >= 11 is 0. The second kappa shape index (κ2) is 5.55. The molecule has 0 heterocycles. The Balaban J connectivity index is 3.99. The number of rotatable bonds is 5. The van der Waals surface area contributed by atoms with Gasteiger partial charge in [0.05, 0.1) is 12.2 Å². The van der Waals surface area contributed by atoms with Gasteiger partial charge in [0.15, 0.2) is 0 Å². The quantitative estimate of drug-likeness (QED) is 0.667. The van der Waals surface area contributed by atoms with Crippen LogP contribution in [0.15, 0.2) is 0 Å². The van der Waals surface area contributed by atoms with Crippen LogP contribution < -0.4 is 0 Å². The maximum atomic E-state index is 9.64. The maximum Gasteiger partial charge on any atom is 0.0827 e. The molecule has 0 spiro atoms. The predicted molar refractivity (Wildman–Crippen MR) is 50.9 cm³/mol. The zero-order valence-electron chi connectivity index (χ0n) is 8.62. The Morgan fingerprint density at radius 1 is 0.833 bits per heavy atom. The first-order chi connectivity index (χ1) is 5.54. The van der Waals surface area contributed by atoms with Crippen LogP contribution >= 0.6 is 0 Å². The van der Waals surface area contributed by atoms with Crippen LogP contribution in [-0.4, -0.2) is 22.4 Å². The van der Waals surface area contributed by atoms with E-state index < -0.39 is 12.2 Å². The molecule has 74 valence electrons. The third-order valence-electron chi connectivity index (χ3n) is 2.80. The average Bonchev–Trinajstić information content (AvgIpc) is 2.12. The van der Waals surface area contributed by atoms with E-state index in [0.29, 0.717) is 0 Å². The van der Waals surface area contributed by atoms with Crippen molar-refractivity contribution in [2.75, 3.05) is 0 Å². The average molecular weight is 174 g/mol. The number of hydrogen-bond acceptors (Lipinski definition) is 2. The molecule has 0 aliphatic heterocycles. The van der Waals surface area contributed by atoms with Crippen molar-refractivity contribution in [3.8, 4) is 0 Å². The number of aliphatic hydroxyl groups is 2. The van der Waals surface area contributed by atoms with Crippen molar-refractivity contribution in [3.05, 3.63) is 0 Å². The molecule has 0 aromatic heterocycles. The summed E-state index contributed by atoms with van der Waals surface area (Å²) in [4.78, 5) is 0. The zero-order chi connectivity index (χ0) is 9.72. The van der Waals surface area contributed by atoms with Gasteiger partial charge in [-0.1, -0.05) is 40.5 Å². The molecule has 2 heteroatoms. The molecule has 0 saturated heterocycles. The highest BCUT2D eigenvalue weighted by molar-refractivity contribution is 4.75. The summed E-state index contributed by atoms with van der Waals surface area (Å²) in [6, 6.07) is 0. The molecule has 0 aliphatic rings. The van der Waals surface area contributed by atoms with Crippen molar-refractivity contribution in [1.29, 1.82) is 0 Å². The predicted octanol–water partition coefficient (Wildman–Crippen LogP) is 1.80. The Morgan fingerprint density at radius 3 is 1.25 bits per heavy atom. The van der Waals surface area contributed by atoms with Gasteiger partial charge in [-0.25, -0.2) is 0 Å². The highest BCUT2D eigenvalue weighted by Crippen LogP contribution is 2.18. The largest absolute Gasteiger partial charge is 0.390 e. The molecule has 0 fully saturated rings. The lowest BCUT2D eigenvalue weighted by molar-refractivity contribution is -0.0413. The van der Waals surface area contributed by atoms with Gasteiger partial charge in [0.1, 0.15) is 0 Å². The Kier molecular flexibility index (Phi) is 5.51. The number of aliphatic hydroxyl groups excluding tert-OH is 2. The molecule has 0 aromatic rings. The van der Waals surface area contributed by atoms with Gasteiger partial charge < -0.3 is 10.2 Å². The summed E-state index contributed by atoms with van der Waals surface area (Å²) in [7, 11) is 0. The van der Waals surface area contributed by atoms with E-state index in [1.54, 1.807) is 0 Å². The first kappa shape index (κ1) is 11.9. The van der Waals surface area contributed by atoms with Gasteiger partial charge >= 0.3 is 0 Å². The van der Waals surface area contributed by atoms with Crippen LogP contribution in [0.4, 0.5) is 0 Å². The normalized spacial score (nSPS) is 21.5. The van der Waals surface area contributed by atoms with Gasteiger partial charge in [0.25, 0.3) is 0 Å². The lowest BCUT2D eigenvalue weighted by Gasteiger charge is -2.26. The molecular weight excluding hydrogens is 152 g/mol. The molecule has 2 N–H and O–H groups in total. The van der Waals surface area contributed by atoms with Crippen LogP contribution in [0, 0.1) is 11.8 Å². The van der Waals surface area contributed by atoms with Crippen LogP contribution in [-0.2, 0) is 0 Å². The van der Waals surface area contributed by atoms with E-state index in [9.17, 15) is 10.2 Å². The van der Waals surface area contributed by atoms with Gasteiger partial charge in [-0.2, -0.15) is 0 Å². The van der Waals surface area contributed by atoms with E-state index in [-0.39, 0.29) is 11.8 Å². The minimum absolute atomic E-state index is 0.189. The Morgan fingerprint density at radius 2 is 1.08 bits per heavy atom. The molecule has 12 heavy (non-hydrogen) atoms. The molecule has 0 saturated carbocycles. The van der Waals surface area contributed by atoms with Crippen molar-refractivity contribution < 1.29 is 10.2 Å². The highest BCUT2D eigenvalue weighted by Gasteiger charge is 2.25. The fraction of sp³-hybridized carbons (Fsp3) is 1.00. The molecular formula is C10H22O2. The fourth-order valence-electron chi connectivity index (χ4n) is 1.16. The molecule has 0 rings (SSSR count). The molecule has 0 aliphatic carbocycles. The van der Waals surface area contributed by atoms with Crippen LogP contribution in [0.5, 0.6) is 0 Å². The molecule has 0 aromatic carbocycles. The minimum atomic E-state index is -0.565. The van der Waals surface area contributed by atoms with Gasteiger partial charge in [-0.05, 0) is 11.8 Å². The second-order valence-electron chi connectivity index (χ2n) is 3.75. The summed E-state index contributed by atoms with van der Waals surface area (Å²) in [6.07, 6.45) is 0.693. The smallest absolute Gasteiger partial charge is 0.0827 e. The molecule has 0 bridgehead atoms. The van der Waals surface area contributed by atoms with Gasteiger partial charge in [-0.3, -0.25) is 0 Å². The summed E-state index contributed by atoms with van der Waals surface area (Å²) < 4.78 is 0. The van der Waals surface area contributed by atoms with E-state index in [2.05, 4.69) is 0 Å². The molecule has 4 atom stereocenters. The summed E-state index contributed by atoms with van der Waals surface area (Å²) in [5, 5.41) is 19.3. The topological polar surface area (TPSA) is 40.5 Å². The van der Waals surface area contributed by atoms with E-state index in [1.165, 1.54) is 0 Å². The molecule has 0 unspecified atom stereocenters. The lowest BCUT2D eigenvalue weighted by Crippen LogP contribution is -2.36. The third kappa shape index (κ3) is 3.11. The van der Waals surface area contributed by atoms with Crippen LogP contribution in [0.1, 0.15) is 40.5 Å². The van der Waals surface area contributed by atoms with Crippen molar-refractivity contribution in [1.82, 2.24) is 0 Å². The SMILES string of the molecule is CC[C@@H](C)[C@@H](O)[C@H](O)[C@H](C)CC. The van der Waals surface area contributed by atoms with E-state index in [0.717, 1.165) is 12.8 Å². The summed E-state index contributed by atoms with van der Waals surface area (Å²) in [6.45, 7) is 7.99. The van der Waals surface area contributed by atoms with Gasteiger partial charge in [-0.15, -0.1) is 0 Å². The van der Waals surface area contributed by atoms with Crippen molar-refractivity contribution in [2.24, 2.45) is 11.8 Å². The van der Waals surface area contributed by atoms with E-state index in [4.69, 9.17) is 0 Å². The van der Waals surface area contributed by atoms with Gasteiger partial charge in [0.2, 0.25) is 0 Å². The molecule has 0 radical (unpaired) electrons. The van der Waals surface area contributed by atoms with Crippen LogP contribution in [0.3, 0.4) is 0 Å². The van der Waals surface area contributed by atoms with E-state index in [1.807, 2.05) is 27.7 Å². The summed E-state index contributed by atoms with van der Waals surface area (Å²) in [5.74, 6) is 0.378. The van der Waals surface area contributed by atoms with E-state index >= 15 is 0 Å². The number of hydrogen-bond donors (Lipinski definition) is 2. The van der Waals surface area contributed by atoms with Crippen LogP contribution in [0.2, 0.25) is 0 Å². The van der Waals surface area contributed by atoms with Gasteiger partial charge in [0, 0.05) is 0 Å².